The Kier molecular flexibility index (Phi) is 27.5. The second-order valence-corrected chi connectivity index (χ2v) is 15.5. The van der Waals surface area contributed by atoms with Gasteiger partial charge in [-0.1, -0.05) is 96.8 Å². The molecule has 0 saturated heterocycles. The van der Waals surface area contributed by atoms with Gasteiger partial charge in [-0.15, -0.1) is 0 Å². The molecule has 0 bridgehead atoms. The molecule has 46 heavy (non-hydrogen) atoms. The van der Waals surface area contributed by atoms with Crippen LogP contribution in [0.15, 0.2) is 0 Å². The molecule has 0 spiro atoms. The highest BCUT2D eigenvalue weighted by Crippen LogP contribution is 2.17. The highest BCUT2D eigenvalue weighted by Gasteiger charge is 2.26. The second-order valence-electron chi connectivity index (χ2n) is 13.9. The van der Waals surface area contributed by atoms with Crippen LogP contribution in [-0.4, -0.2) is 81.7 Å². The molecule has 0 aromatic carbocycles. The summed E-state index contributed by atoms with van der Waals surface area (Å²) in [6, 6.07) is 0. The Bertz CT molecular complexity index is 893. The van der Waals surface area contributed by atoms with Crippen LogP contribution in [0, 0.1) is 5.92 Å². The van der Waals surface area contributed by atoms with Gasteiger partial charge >= 0.3 is 5.97 Å². The van der Waals surface area contributed by atoms with Crippen molar-refractivity contribution >= 4 is 27.8 Å². The smallest absolute Gasteiger partial charge is 0.316 e. The molecule has 0 heterocycles. The molecule has 1 amide bonds. The lowest BCUT2D eigenvalue weighted by molar-refractivity contribution is -0.890. The summed E-state index contributed by atoms with van der Waals surface area (Å²) in [6.45, 7) is 4.78. The first-order chi connectivity index (χ1) is 21.9. The van der Waals surface area contributed by atoms with E-state index in [1.54, 1.807) is 0 Å². The van der Waals surface area contributed by atoms with Crippen molar-refractivity contribution in [3.8, 4) is 0 Å². The summed E-state index contributed by atoms with van der Waals surface area (Å²) in [5, 5.41) is 2.98. The molecule has 10 heteroatoms. The minimum atomic E-state index is -3.86. The number of ketones is 1. The zero-order chi connectivity index (χ0) is 34.5. The molecule has 0 radical (unpaired) electrons. The van der Waals surface area contributed by atoms with Crippen LogP contribution < -0.4 is 5.32 Å². The van der Waals surface area contributed by atoms with Gasteiger partial charge in [-0.3, -0.25) is 18.9 Å². The van der Waals surface area contributed by atoms with Gasteiger partial charge in [0.1, 0.15) is 11.7 Å². The molecular formula is C36H71N2O7S+. The molecule has 9 nitrogen and oxygen atoms in total. The highest BCUT2D eigenvalue weighted by atomic mass is 32.2. The van der Waals surface area contributed by atoms with E-state index >= 15 is 0 Å². The van der Waals surface area contributed by atoms with Crippen LogP contribution in [0.2, 0.25) is 0 Å². The van der Waals surface area contributed by atoms with Gasteiger partial charge in [0.05, 0.1) is 40.0 Å². The summed E-state index contributed by atoms with van der Waals surface area (Å²) in [5.74, 6) is -1.24. The number of hydrogen-bond donors (Lipinski definition) is 2. The molecule has 272 valence electrons. The fraction of sp³-hybridized carbons (Fsp3) is 0.917. The first-order valence-corrected chi connectivity index (χ1v) is 20.2. The van der Waals surface area contributed by atoms with E-state index in [0.717, 1.165) is 75.4 Å². The summed E-state index contributed by atoms with van der Waals surface area (Å²) in [7, 11) is 1.81. The number of hydrogen-bond acceptors (Lipinski definition) is 6. The average molecular weight is 676 g/mol. The molecule has 0 aliphatic rings. The maximum Gasteiger partial charge on any atom is 0.316 e. The molecule has 2 N–H and O–H groups in total. The van der Waals surface area contributed by atoms with E-state index in [1.807, 2.05) is 0 Å². The first-order valence-electron chi connectivity index (χ1n) is 18.6. The van der Waals surface area contributed by atoms with E-state index in [1.165, 1.54) is 71.3 Å². The van der Waals surface area contributed by atoms with E-state index in [0.29, 0.717) is 38.6 Å². The maximum atomic E-state index is 12.8. The van der Waals surface area contributed by atoms with Crippen molar-refractivity contribution in [2.75, 3.05) is 46.6 Å². The van der Waals surface area contributed by atoms with Gasteiger partial charge in [-0.2, -0.15) is 8.42 Å². The number of carbonyl (C=O) groups is 3. The number of rotatable bonds is 33. The molecule has 0 rings (SSSR count). The van der Waals surface area contributed by atoms with Crippen molar-refractivity contribution in [2.24, 2.45) is 5.92 Å². The number of Topliss-reactive ketones (excluding diaryl/α,β-unsaturated/α-hetero) is 1. The van der Waals surface area contributed by atoms with Crippen molar-refractivity contribution in [2.45, 2.75) is 161 Å². The van der Waals surface area contributed by atoms with Crippen LogP contribution in [0.25, 0.3) is 0 Å². The zero-order valence-corrected chi connectivity index (χ0v) is 30.9. The number of nitrogens with one attached hydrogen (secondary N) is 1. The average Bonchev–Trinajstić information content (AvgIpc) is 3.00. The summed E-state index contributed by atoms with van der Waals surface area (Å²) in [6.07, 6.45) is 24.0. The summed E-state index contributed by atoms with van der Waals surface area (Å²) >= 11 is 0. The fourth-order valence-corrected chi connectivity index (χ4v) is 6.52. The van der Waals surface area contributed by atoms with Gasteiger partial charge < -0.3 is 14.5 Å². The van der Waals surface area contributed by atoms with Gasteiger partial charge in [0.25, 0.3) is 10.1 Å². The number of nitrogens with zero attached hydrogens (tertiary/aromatic N) is 1. The van der Waals surface area contributed by atoms with Crippen molar-refractivity contribution in [1.82, 2.24) is 5.32 Å². The fourth-order valence-electron chi connectivity index (χ4n) is 5.95. The minimum absolute atomic E-state index is 0.0278. The third kappa shape index (κ3) is 28.7. The molecular weight excluding hydrogens is 604 g/mol. The summed E-state index contributed by atoms with van der Waals surface area (Å²) in [5.41, 5.74) is 0. The normalized spacial score (nSPS) is 12.6. The Morgan fingerprint density at radius 2 is 1.15 bits per heavy atom. The number of quaternary nitrogens is 1. The van der Waals surface area contributed by atoms with Gasteiger partial charge in [0.15, 0.2) is 0 Å². The number of esters is 1. The van der Waals surface area contributed by atoms with Crippen molar-refractivity contribution in [1.29, 1.82) is 0 Å². The lowest BCUT2D eigenvalue weighted by atomic mass is 9.93. The zero-order valence-electron chi connectivity index (χ0n) is 30.1. The van der Waals surface area contributed by atoms with Gasteiger partial charge in [0.2, 0.25) is 5.91 Å². The maximum absolute atomic E-state index is 12.8. The van der Waals surface area contributed by atoms with E-state index < -0.39 is 22.0 Å². The molecule has 0 unspecified atom stereocenters. The van der Waals surface area contributed by atoms with Gasteiger partial charge in [0, 0.05) is 19.4 Å². The SMILES string of the molecule is CCCCCCCCCCCC(=O)NCCCC[C@@H](C(=O)CCCCCCCCCC[N+](C)(C)CCCCS(=O)(=O)O)C(=O)OC. The largest absolute Gasteiger partial charge is 0.468 e. The van der Waals surface area contributed by atoms with Gasteiger partial charge in [-0.05, 0) is 51.4 Å². The Morgan fingerprint density at radius 3 is 1.67 bits per heavy atom. The molecule has 0 aromatic heterocycles. The van der Waals surface area contributed by atoms with Crippen LogP contribution in [0.3, 0.4) is 0 Å². The third-order valence-corrected chi connectivity index (χ3v) is 9.78. The summed E-state index contributed by atoms with van der Waals surface area (Å²) < 4.78 is 36.3. The van der Waals surface area contributed by atoms with E-state index in [2.05, 4.69) is 26.3 Å². The molecule has 0 fully saturated rings. The van der Waals surface area contributed by atoms with Crippen LogP contribution in [-0.2, 0) is 29.2 Å². The molecule has 0 aliphatic heterocycles. The van der Waals surface area contributed by atoms with E-state index in [-0.39, 0.29) is 17.4 Å². The highest BCUT2D eigenvalue weighted by molar-refractivity contribution is 7.85. The minimum Gasteiger partial charge on any atom is -0.468 e. The Labute approximate surface area is 282 Å². The number of amides is 1. The molecule has 1 atom stereocenters. The lowest BCUT2D eigenvalue weighted by Gasteiger charge is -2.29. The Hall–Kier alpha value is -1.52. The van der Waals surface area contributed by atoms with Crippen LogP contribution in [0.4, 0.5) is 0 Å². The predicted molar refractivity (Wildman–Crippen MR) is 188 cm³/mol. The quantitative estimate of drug-likeness (QED) is 0.0239. The van der Waals surface area contributed by atoms with Crippen LogP contribution >= 0.6 is 0 Å². The first kappa shape index (κ1) is 44.5. The second kappa shape index (κ2) is 28.5. The summed E-state index contributed by atoms with van der Waals surface area (Å²) in [4.78, 5) is 37.2. The monoisotopic (exact) mass is 675 g/mol. The topological polar surface area (TPSA) is 127 Å². The van der Waals surface area contributed by atoms with Crippen LogP contribution in [0.1, 0.15) is 161 Å². The standard InChI is InChI=1S/C36H70N2O7S/c1-5-6-7-8-9-10-14-17-20-28-35(40)37-29-22-21-26-33(36(41)45-4)34(39)27-19-16-13-11-12-15-18-23-30-38(2,3)31-24-25-32-46(42,43)44/h33H,5-32H2,1-4H3,(H-,37,40,42,43,44)/p+1/t33-/m0/s1. The number of methoxy groups -OCH3 is 1. The van der Waals surface area contributed by atoms with E-state index in [9.17, 15) is 22.8 Å². The Balaban J connectivity index is 3.88. The number of unbranched alkanes of at least 4 members (excludes halogenated alkanes) is 17. The lowest BCUT2D eigenvalue weighted by Crippen LogP contribution is -2.41. The predicted octanol–water partition coefficient (Wildman–Crippen LogP) is 7.81. The van der Waals surface area contributed by atoms with Crippen molar-refractivity contribution in [3.05, 3.63) is 0 Å². The number of carbonyl (C=O) groups excluding carboxylic acids is 3. The van der Waals surface area contributed by atoms with Gasteiger partial charge in [-0.25, -0.2) is 0 Å². The van der Waals surface area contributed by atoms with Crippen molar-refractivity contribution < 1.29 is 36.6 Å². The third-order valence-electron chi connectivity index (χ3n) is 8.98. The van der Waals surface area contributed by atoms with Crippen molar-refractivity contribution in [3.63, 3.8) is 0 Å². The number of ether oxygens (including phenoxy) is 1. The molecule has 0 aliphatic carbocycles. The van der Waals surface area contributed by atoms with Crippen LogP contribution in [0.5, 0.6) is 0 Å². The molecule has 0 saturated carbocycles. The molecule has 0 aromatic rings. The van der Waals surface area contributed by atoms with E-state index in [4.69, 9.17) is 9.29 Å². The Morgan fingerprint density at radius 1 is 0.674 bits per heavy atom.